The molecule has 1 aromatic rings. The summed E-state index contributed by atoms with van der Waals surface area (Å²) >= 11 is 0. The molecule has 2 fully saturated rings. The number of aryl methyl sites for hydroxylation is 2. The maximum Gasteiger partial charge on any atom is 0.490 e. The van der Waals surface area contributed by atoms with Crippen LogP contribution in [0.3, 0.4) is 0 Å². The number of likely N-dealkylation sites (tertiary alicyclic amines) is 1. The van der Waals surface area contributed by atoms with Crippen molar-refractivity contribution in [1.29, 1.82) is 0 Å². The van der Waals surface area contributed by atoms with Crippen LogP contribution in [0.2, 0.25) is 0 Å². The van der Waals surface area contributed by atoms with Gasteiger partial charge in [0.1, 0.15) is 5.82 Å². The molecule has 30 heavy (non-hydrogen) atoms. The molecule has 1 saturated heterocycles. The second-order valence-electron chi connectivity index (χ2n) is 8.35. The molecule has 170 valence electrons. The zero-order chi connectivity index (χ0) is 22.5. The first kappa shape index (κ1) is 24.2. The lowest BCUT2D eigenvalue weighted by Crippen LogP contribution is -2.40. The summed E-state index contributed by atoms with van der Waals surface area (Å²) in [5.41, 5.74) is 0.340. The minimum Gasteiger partial charge on any atom is -0.475 e. The standard InChI is InChI=1S/C19H31N3O.C2HF3O2/c1-4-19(5-2)14-17(19)18(23)22-11-7-16(8-12-22)6-10-21-13-9-20-15(21)3;3-2(4,5)1(6)7/h9,13,16-17H,4-8,10-12,14H2,1-3H3;(H,6,7). The van der Waals surface area contributed by atoms with Crippen molar-refractivity contribution in [2.45, 2.75) is 72.0 Å². The molecule has 1 aliphatic heterocycles. The molecule has 6 nitrogen and oxygen atoms in total. The molecular weight excluding hydrogens is 399 g/mol. The maximum atomic E-state index is 12.7. The van der Waals surface area contributed by atoms with Gasteiger partial charge in [0.15, 0.2) is 0 Å². The molecule has 0 spiro atoms. The van der Waals surface area contributed by atoms with E-state index in [2.05, 4.69) is 41.4 Å². The molecule has 9 heteroatoms. The third-order valence-electron chi connectivity index (χ3n) is 6.77. The van der Waals surface area contributed by atoms with Gasteiger partial charge in [0.25, 0.3) is 0 Å². The molecule has 0 bridgehead atoms. The van der Waals surface area contributed by atoms with Crippen LogP contribution in [0.4, 0.5) is 13.2 Å². The number of piperidine rings is 1. The zero-order valence-corrected chi connectivity index (χ0v) is 17.9. The van der Waals surface area contributed by atoms with Crippen molar-refractivity contribution in [2.75, 3.05) is 13.1 Å². The van der Waals surface area contributed by atoms with Gasteiger partial charge < -0.3 is 14.6 Å². The lowest BCUT2D eigenvalue weighted by Gasteiger charge is -2.33. The van der Waals surface area contributed by atoms with Crippen molar-refractivity contribution < 1.29 is 27.9 Å². The summed E-state index contributed by atoms with van der Waals surface area (Å²) in [5, 5.41) is 7.12. The first-order chi connectivity index (χ1) is 14.0. The Morgan fingerprint density at radius 2 is 1.80 bits per heavy atom. The Hall–Kier alpha value is -2.06. The SMILES string of the molecule is CCC1(CC)CC1C(=O)N1CCC(CCn2ccnc2C)CC1.O=C(O)C(F)(F)F. The summed E-state index contributed by atoms with van der Waals surface area (Å²) < 4.78 is 34.0. The van der Waals surface area contributed by atoms with Crippen LogP contribution in [0, 0.1) is 24.2 Å². The fourth-order valence-electron chi connectivity index (χ4n) is 4.35. The van der Waals surface area contributed by atoms with Crippen molar-refractivity contribution in [3.8, 4) is 0 Å². The highest BCUT2D eigenvalue weighted by Gasteiger charge is 2.56. The Balaban J connectivity index is 0.000000396. The molecule has 1 unspecified atom stereocenters. The molecule has 0 aromatic carbocycles. The van der Waals surface area contributed by atoms with Crippen molar-refractivity contribution in [3.05, 3.63) is 18.2 Å². The van der Waals surface area contributed by atoms with E-state index in [-0.39, 0.29) is 0 Å². The number of rotatable bonds is 6. The monoisotopic (exact) mass is 431 g/mol. The third kappa shape index (κ3) is 5.98. The largest absolute Gasteiger partial charge is 0.490 e. The van der Waals surface area contributed by atoms with Gasteiger partial charge >= 0.3 is 12.1 Å². The predicted octanol–water partition coefficient (Wildman–Crippen LogP) is 4.28. The minimum atomic E-state index is -5.08. The molecule has 2 heterocycles. The van der Waals surface area contributed by atoms with Gasteiger partial charge in [-0.2, -0.15) is 13.2 Å². The Kier molecular flexibility index (Phi) is 7.93. The molecular formula is C21H32F3N3O3. The highest BCUT2D eigenvalue weighted by atomic mass is 19.4. The van der Waals surface area contributed by atoms with Gasteiger partial charge in [-0.15, -0.1) is 0 Å². The van der Waals surface area contributed by atoms with Crippen LogP contribution in [0.25, 0.3) is 0 Å². The van der Waals surface area contributed by atoms with E-state index in [0.717, 1.165) is 63.5 Å². The van der Waals surface area contributed by atoms with Crippen molar-refractivity contribution in [1.82, 2.24) is 14.5 Å². The van der Waals surface area contributed by atoms with Gasteiger partial charge in [0, 0.05) is 37.9 Å². The number of hydrogen-bond acceptors (Lipinski definition) is 3. The highest BCUT2D eigenvalue weighted by molar-refractivity contribution is 5.82. The number of aliphatic carboxylic acids is 1. The Morgan fingerprint density at radius 3 is 2.20 bits per heavy atom. The average molecular weight is 431 g/mol. The minimum absolute atomic E-state index is 0.322. The van der Waals surface area contributed by atoms with E-state index < -0.39 is 12.1 Å². The van der Waals surface area contributed by atoms with Crippen molar-refractivity contribution in [3.63, 3.8) is 0 Å². The summed E-state index contributed by atoms with van der Waals surface area (Å²) in [6.07, 6.45) is 5.82. The van der Waals surface area contributed by atoms with Crippen molar-refractivity contribution in [2.24, 2.45) is 17.3 Å². The zero-order valence-electron chi connectivity index (χ0n) is 17.9. The first-order valence-electron chi connectivity index (χ1n) is 10.6. The van der Waals surface area contributed by atoms with Crippen molar-refractivity contribution >= 4 is 11.9 Å². The molecule has 2 aliphatic rings. The van der Waals surface area contributed by atoms with E-state index in [1.807, 2.05) is 6.20 Å². The Labute approximate surface area is 175 Å². The smallest absolute Gasteiger partial charge is 0.475 e. The van der Waals surface area contributed by atoms with E-state index in [4.69, 9.17) is 9.90 Å². The lowest BCUT2D eigenvalue weighted by atomic mass is 9.92. The van der Waals surface area contributed by atoms with Crippen LogP contribution in [-0.2, 0) is 16.1 Å². The summed E-state index contributed by atoms with van der Waals surface area (Å²) in [6, 6.07) is 0. The molecule has 1 saturated carbocycles. The van der Waals surface area contributed by atoms with Crippen LogP contribution in [-0.4, -0.2) is 50.7 Å². The number of carbonyl (C=O) groups is 2. The van der Waals surface area contributed by atoms with E-state index in [1.54, 1.807) is 0 Å². The summed E-state index contributed by atoms with van der Waals surface area (Å²) in [4.78, 5) is 28.0. The lowest BCUT2D eigenvalue weighted by molar-refractivity contribution is -0.192. The number of carboxylic acid groups (broad SMARTS) is 1. The van der Waals surface area contributed by atoms with Gasteiger partial charge in [0.05, 0.1) is 0 Å². The number of carbonyl (C=O) groups excluding carboxylic acids is 1. The number of amides is 1. The second kappa shape index (κ2) is 9.83. The third-order valence-corrected chi connectivity index (χ3v) is 6.77. The number of alkyl halides is 3. The second-order valence-corrected chi connectivity index (χ2v) is 8.35. The van der Waals surface area contributed by atoms with Gasteiger partial charge in [0.2, 0.25) is 5.91 Å². The number of hydrogen-bond donors (Lipinski definition) is 1. The maximum absolute atomic E-state index is 12.7. The molecule has 1 N–H and O–H groups in total. The number of imidazole rings is 1. The molecule has 3 rings (SSSR count). The Morgan fingerprint density at radius 1 is 1.23 bits per heavy atom. The van der Waals surface area contributed by atoms with E-state index in [1.165, 1.54) is 6.42 Å². The number of carboxylic acids is 1. The van der Waals surface area contributed by atoms with E-state index in [0.29, 0.717) is 17.2 Å². The van der Waals surface area contributed by atoms with Crippen LogP contribution in [0.5, 0.6) is 0 Å². The Bertz CT molecular complexity index is 721. The predicted molar refractivity (Wildman–Crippen MR) is 106 cm³/mol. The summed E-state index contributed by atoms with van der Waals surface area (Å²) in [7, 11) is 0. The van der Waals surface area contributed by atoms with Crippen LogP contribution < -0.4 is 0 Å². The van der Waals surface area contributed by atoms with Gasteiger partial charge in [-0.1, -0.05) is 13.8 Å². The fraction of sp³-hybridized carbons (Fsp3) is 0.762. The number of aromatic nitrogens is 2. The van der Waals surface area contributed by atoms with Gasteiger partial charge in [-0.25, -0.2) is 9.78 Å². The molecule has 1 aliphatic carbocycles. The van der Waals surface area contributed by atoms with Crippen LogP contribution in [0.15, 0.2) is 12.4 Å². The molecule has 1 aromatic heterocycles. The first-order valence-corrected chi connectivity index (χ1v) is 10.6. The fourth-order valence-corrected chi connectivity index (χ4v) is 4.35. The average Bonchev–Trinajstić information content (AvgIpc) is 3.32. The van der Waals surface area contributed by atoms with Crippen LogP contribution >= 0.6 is 0 Å². The quantitative estimate of drug-likeness (QED) is 0.730. The molecule has 1 amide bonds. The van der Waals surface area contributed by atoms with E-state index >= 15 is 0 Å². The topological polar surface area (TPSA) is 75.4 Å². The van der Waals surface area contributed by atoms with Crippen LogP contribution in [0.1, 0.15) is 58.2 Å². The van der Waals surface area contributed by atoms with Gasteiger partial charge in [-0.05, 0) is 56.8 Å². The number of nitrogens with zero attached hydrogens (tertiary/aromatic N) is 3. The summed E-state index contributed by atoms with van der Waals surface area (Å²) in [6.45, 7) is 9.52. The van der Waals surface area contributed by atoms with Gasteiger partial charge in [-0.3, -0.25) is 4.79 Å². The number of halogens is 3. The summed E-state index contributed by atoms with van der Waals surface area (Å²) in [5.74, 6) is -0.142. The molecule has 1 atom stereocenters. The highest BCUT2D eigenvalue weighted by Crippen LogP contribution is 2.58. The van der Waals surface area contributed by atoms with E-state index in [9.17, 15) is 18.0 Å². The molecule has 0 radical (unpaired) electrons. The normalized spacial score (nSPS) is 21.0.